The Balaban J connectivity index is 0.00000338. The van der Waals surface area contributed by atoms with E-state index in [1.807, 2.05) is 6.92 Å². The third-order valence-electron chi connectivity index (χ3n) is 4.09. The lowest BCUT2D eigenvalue weighted by Crippen LogP contribution is -2.44. The van der Waals surface area contributed by atoms with E-state index in [1.165, 1.54) is 18.4 Å². The van der Waals surface area contributed by atoms with Crippen molar-refractivity contribution in [3.05, 3.63) is 30.1 Å². The van der Waals surface area contributed by atoms with Gasteiger partial charge in [-0.15, -0.1) is 24.0 Å². The SMILES string of the molecule is CN=C(NCC(C)Oc1ccc(F)cc1)NCC1(CS(C)(=O)=O)CC1.I. The molecule has 1 aromatic rings. The Hall–Kier alpha value is -1.10. The molecule has 0 bridgehead atoms. The Morgan fingerprint density at radius 2 is 1.92 bits per heavy atom. The number of nitrogens with zero attached hydrogens (tertiary/aromatic N) is 1. The van der Waals surface area contributed by atoms with Gasteiger partial charge in [0.15, 0.2) is 5.96 Å². The highest BCUT2D eigenvalue weighted by atomic mass is 127. The Labute approximate surface area is 171 Å². The summed E-state index contributed by atoms with van der Waals surface area (Å²) in [6.45, 7) is 2.98. The second-order valence-electron chi connectivity index (χ2n) is 6.76. The van der Waals surface area contributed by atoms with Crippen LogP contribution >= 0.6 is 24.0 Å². The van der Waals surface area contributed by atoms with Crippen LogP contribution in [0, 0.1) is 11.2 Å². The summed E-state index contributed by atoms with van der Waals surface area (Å²) in [5.41, 5.74) is -0.165. The monoisotopic (exact) mass is 499 g/mol. The molecule has 0 spiro atoms. The fraction of sp³-hybridized carbons (Fsp3) is 0.588. The lowest BCUT2D eigenvalue weighted by atomic mass is 10.1. The number of aliphatic imine (C=N–C) groups is 1. The van der Waals surface area contributed by atoms with Gasteiger partial charge in [0, 0.05) is 25.3 Å². The van der Waals surface area contributed by atoms with Crippen molar-refractivity contribution < 1.29 is 17.5 Å². The number of benzene rings is 1. The van der Waals surface area contributed by atoms with E-state index in [0.29, 0.717) is 24.8 Å². The van der Waals surface area contributed by atoms with Gasteiger partial charge in [-0.2, -0.15) is 0 Å². The molecule has 0 radical (unpaired) electrons. The standard InChI is InChI=1S/C17H26FN3O3S.HI/c1-13(24-15-6-4-14(18)5-7-15)10-20-16(19-2)21-11-17(8-9-17)12-25(3,22)23;/h4-7,13H,8-12H2,1-3H3,(H2,19,20,21);1H. The number of nitrogens with one attached hydrogen (secondary N) is 2. The minimum absolute atomic E-state index is 0. The molecule has 1 aromatic carbocycles. The number of rotatable bonds is 8. The first kappa shape index (κ1) is 22.9. The second-order valence-corrected chi connectivity index (χ2v) is 8.90. The lowest BCUT2D eigenvalue weighted by molar-refractivity contribution is 0.223. The smallest absolute Gasteiger partial charge is 0.191 e. The van der Waals surface area contributed by atoms with Crippen LogP contribution in [0.25, 0.3) is 0 Å². The molecule has 148 valence electrons. The molecule has 6 nitrogen and oxygen atoms in total. The van der Waals surface area contributed by atoms with Crippen molar-refractivity contribution in [3.8, 4) is 5.75 Å². The van der Waals surface area contributed by atoms with Crippen molar-refractivity contribution in [2.75, 3.05) is 32.1 Å². The number of sulfone groups is 1. The number of halogens is 2. The first-order valence-electron chi connectivity index (χ1n) is 8.26. The minimum atomic E-state index is -2.98. The molecule has 0 heterocycles. The highest BCUT2D eigenvalue weighted by Gasteiger charge is 2.45. The molecule has 1 saturated carbocycles. The Kier molecular flexibility index (Phi) is 8.58. The summed E-state index contributed by atoms with van der Waals surface area (Å²) in [4.78, 5) is 4.15. The normalized spacial score (nSPS) is 17.0. The van der Waals surface area contributed by atoms with Crippen molar-refractivity contribution in [1.82, 2.24) is 10.6 Å². The van der Waals surface area contributed by atoms with Gasteiger partial charge in [0.1, 0.15) is 27.5 Å². The van der Waals surface area contributed by atoms with Gasteiger partial charge < -0.3 is 15.4 Å². The lowest BCUT2D eigenvalue weighted by Gasteiger charge is -2.20. The summed E-state index contributed by atoms with van der Waals surface area (Å²) < 4.78 is 41.6. The van der Waals surface area contributed by atoms with E-state index in [-0.39, 0.29) is 47.1 Å². The van der Waals surface area contributed by atoms with Gasteiger partial charge in [-0.1, -0.05) is 0 Å². The van der Waals surface area contributed by atoms with Crippen LogP contribution in [0.4, 0.5) is 4.39 Å². The van der Waals surface area contributed by atoms with Gasteiger partial charge in [0.25, 0.3) is 0 Å². The summed E-state index contributed by atoms with van der Waals surface area (Å²) in [5, 5.41) is 6.35. The average molecular weight is 499 g/mol. The van der Waals surface area contributed by atoms with E-state index in [0.717, 1.165) is 12.8 Å². The predicted molar refractivity (Wildman–Crippen MR) is 113 cm³/mol. The van der Waals surface area contributed by atoms with Gasteiger partial charge in [0.05, 0.1) is 12.3 Å². The molecular weight excluding hydrogens is 472 g/mol. The number of ether oxygens (including phenoxy) is 1. The van der Waals surface area contributed by atoms with Crippen molar-refractivity contribution in [1.29, 1.82) is 0 Å². The average Bonchev–Trinajstić information content (AvgIpc) is 3.27. The third-order valence-corrected chi connectivity index (χ3v) is 5.22. The molecule has 1 aliphatic carbocycles. The molecule has 1 unspecified atom stereocenters. The Morgan fingerprint density at radius 3 is 2.42 bits per heavy atom. The van der Waals surface area contributed by atoms with E-state index < -0.39 is 9.84 Å². The maximum Gasteiger partial charge on any atom is 0.191 e. The summed E-state index contributed by atoms with van der Waals surface area (Å²) in [6.07, 6.45) is 2.95. The number of hydrogen-bond acceptors (Lipinski definition) is 4. The quantitative estimate of drug-likeness (QED) is 0.326. The molecule has 0 saturated heterocycles. The van der Waals surface area contributed by atoms with Crippen molar-refractivity contribution in [2.45, 2.75) is 25.9 Å². The van der Waals surface area contributed by atoms with Gasteiger partial charge in [0.2, 0.25) is 0 Å². The van der Waals surface area contributed by atoms with E-state index in [2.05, 4.69) is 15.6 Å². The maximum absolute atomic E-state index is 12.9. The van der Waals surface area contributed by atoms with E-state index >= 15 is 0 Å². The predicted octanol–water partition coefficient (Wildman–Crippen LogP) is 2.20. The summed E-state index contributed by atoms with van der Waals surface area (Å²) in [5.74, 6) is 1.11. The van der Waals surface area contributed by atoms with Crippen LogP contribution in [0.1, 0.15) is 19.8 Å². The van der Waals surface area contributed by atoms with E-state index in [4.69, 9.17) is 4.74 Å². The molecule has 26 heavy (non-hydrogen) atoms. The summed E-state index contributed by atoms with van der Waals surface area (Å²) in [7, 11) is -1.32. The zero-order chi connectivity index (χ0) is 18.5. The summed E-state index contributed by atoms with van der Waals surface area (Å²) >= 11 is 0. The fourth-order valence-corrected chi connectivity index (χ4v) is 4.13. The number of guanidine groups is 1. The third kappa shape index (κ3) is 8.07. The van der Waals surface area contributed by atoms with E-state index in [9.17, 15) is 12.8 Å². The maximum atomic E-state index is 12.9. The van der Waals surface area contributed by atoms with Crippen LogP contribution in [0.15, 0.2) is 29.3 Å². The van der Waals surface area contributed by atoms with Crippen molar-refractivity contribution in [2.24, 2.45) is 10.4 Å². The van der Waals surface area contributed by atoms with Crippen LogP contribution < -0.4 is 15.4 Å². The molecule has 9 heteroatoms. The van der Waals surface area contributed by atoms with Crippen LogP contribution in [0.2, 0.25) is 0 Å². The first-order valence-corrected chi connectivity index (χ1v) is 10.3. The zero-order valence-electron chi connectivity index (χ0n) is 15.3. The zero-order valence-corrected chi connectivity index (χ0v) is 18.4. The molecular formula is C17H27FIN3O3S. The molecule has 1 fully saturated rings. The fourth-order valence-electron chi connectivity index (χ4n) is 2.62. The molecule has 0 amide bonds. The van der Waals surface area contributed by atoms with Gasteiger partial charge in [-0.05, 0) is 44.0 Å². The van der Waals surface area contributed by atoms with Crippen LogP contribution in [0.5, 0.6) is 5.75 Å². The molecule has 0 aliphatic heterocycles. The van der Waals surface area contributed by atoms with Gasteiger partial charge in [-0.25, -0.2) is 12.8 Å². The minimum Gasteiger partial charge on any atom is -0.489 e. The topological polar surface area (TPSA) is 79.8 Å². The first-order chi connectivity index (χ1) is 11.7. The summed E-state index contributed by atoms with van der Waals surface area (Å²) in [6, 6.07) is 5.88. The van der Waals surface area contributed by atoms with Gasteiger partial charge >= 0.3 is 0 Å². The van der Waals surface area contributed by atoms with E-state index in [1.54, 1.807) is 19.2 Å². The molecule has 1 aliphatic rings. The van der Waals surface area contributed by atoms with Crippen LogP contribution in [-0.2, 0) is 9.84 Å². The van der Waals surface area contributed by atoms with Crippen molar-refractivity contribution >= 4 is 39.8 Å². The second kappa shape index (κ2) is 9.72. The molecule has 1 atom stereocenters. The molecule has 2 rings (SSSR count). The van der Waals surface area contributed by atoms with Crippen molar-refractivity contribution in [3.63, 3.8) is 0 Å². The Morgan fingerprint density at radius 1 is 1.31 bits per heavy atom. The Bertz CT molecular complexity index is 706. The number of hydrogen-bond donors (Lipinski definition) is 2. The van der Waals surface area contributed by atoms with Crippen LogP contribution in [0.3, 0.4) is 0 Å². The molecule has 2 N–H and O–H groups in total. The largest absolute Gasteiger partial charge is 0.489 e. The highest BCUT2D eigenvalue weighted by molar-refractivity contribution is 14.0. The highest BCUT2D eigenvalue weighted by Crippen LogP contribution is 2.45. The van der Waals surface area contributed by atoms with Gasteiger partial charge in [-0.3, -0.25) is 4.99 Å². The van der Waals surface area contributed by atoms with Crippen LogP contribution in [-0.4, -0.2) is 52.6 Å². The molecule has 0 aromatic heterocycles.